The highest BCUT2D eigenvalue weighted by molar-refractivity contribution is 5.88. The highest BCUT2D eigenvalue weighted by atomic mass is 16.3. The zero-order valence-electron chi connectivity index (χ0n) is 12.4. The molecule has 0 unspecified atom stereocenters. The molecule has 0 spiro atoms. The number of aliphatic hydroxyl groups excluding tert-OH is 1. The average Bonchev–Trinajstić information content (AvgIpc) is 3.11. The normalized spacial score (nSPS) is 39.9. The third kappa shape index (κ3) is 2.39. The zero-order valence-corrected chi connectivity index (χ0v) is 12.4. The van der Waals surface area contributed by atoms with Gasteiger partial charge in [-0.15, -0.1) is 0 Å². The summed E-state index contributed by atoms with van der Waals surface area (Å²) in [5.41, 5.74) is 0. The second-order valence-electron chi connectivity index (χ2n) is 6.80. The van der Waals surface area contributed by atoms with Crippen molar-refractivity contribution in [2.75, 3.05) is 0 Å². The summed E-state index contributed by atoms with van der Waals surface area (Å²) in [7, 11) is 0. The second kappa shape index (κ2) is 5.85. The van der Waals surface area contributed by atoms with Gasteiger partial charge >= 0.3 is 0 Å². The monoisotopic (exact) mass is 274 g/mol. The minimum absolute atomic E-state index is 0.141. The molecule has 1 N–H and O–H groups in total. The molecule has 3 rings (SSSR count). The lowest BCUT2D eigenvalue weighted by Gasteiger charge is -2.17. The number of hydrogen-bond acceptors (Lipinski definition) is 2. The van der Waals surface area contributed by atoms with Gasteiger partial charge < -0.3 is 5.11 Å². The Morgan fingerprint density at radius 1 is 1.30 bits per heavy atom. The summed E-state index contributed by atoms with van der Waals surface area (Å²) < 4.78 is 0. The third-order valence-corrected chi connectivity index (χ3v) is 5.56. The highest BCUT2D eigenvalue weighted by Crippen LogP contribution is 2.55. The molecular weight excluding hydrogens is 248 g/mol. The van der Waals surface area contributed by atoms with E-state index in [1.807, 2.05) is 6.08 Å². The van der Waals surface area contributed by atoms with E-state index in [9.17, 15) is 9.90 Å². The van der Waals surface area contributed by atoms with Gasteiger partial charge in [0.15, 0.2) is 0 Å². The van der Waals surface area contributed by atoms with Crippen molar-refractivity contribution < 1.29 is 9.90 Å². The van der Waals surface area contributed by atoms with Crippen LogP contribution in [-0.4, -0.2) is 17.0 Å². The van der Waals surface area contributed by atoms with Crippen molar-refractivity contribution in [1.82, 2.24) is 0 Å². The number of carbonyl (C=O) groups is 1. The first-order chi connectivity index (χ1) is 9.72. The fourth-order valence-corrected chi connectivity index (χ4v) is 4.51. The van der Waals surface area contributed by atoms with Gasteiger partial charge in [0.25, 0.3) is 0 Å². The summed E-state index contributed by atoms with van der Waals surface area (Å²) in [6, 6.07) is 0. The molecular formula is C18H26O2. The van der Waals surface area contributed by atoms with Crippen LogP contribution in [0.15, 0.2) is 24.3 Å². The maximum absolute atomic E-state index is 12.5. The number of allylic oxidation sites excluding steroid dienone is 3. The average molecular weight is 274 g/mol. The van der Waals surface area contributed by atoms with Crippen molar-refractivity contribution in [2.45, 2.75) is 51.6 Å². The van der Waals surface area contributed by atoms with Crippen LogP contribution in [0.3, 0.4) is 0 Å². The molecule has 0 amide bonds. The first-order valence-electron chi connectivity index (χ1n) is 8.29. The number of rotatable bonds is 6. The van der Waals surface area contributed by atoms with Crippen LogP contribution in [0.5, 0.6) is 0 Å². The van der Waals surface area contributed by atoms with E-state index in [0.717, 1.165) is 12.8 Å². The van der Waals surface area contributed by atoms with Crippen molar-refractivity contribution in [3.8, 4) is 0 Å². The number of ketones is 1. The van der Waals surface area contributed by atoms with E-state index in [-0.39, 0.29) is 11.8 Å². The van der Waals surface area contributed by atoms with E-state index in [2.05, 4.69) is 25.2 Å². The van der Waals surface area contributed by atoms with E-state index in [1.54, 1.807) is 0 Å². The Kier molecular flexibility index (Phi) is 4.11. The van der Waals surface area contributed by atoms with Gasteiger partial charge in [-0.1, -0.05) is 44.1 Å². The van der Waals surface area contributed by atoms with Gasteiger partial charge in [-0.05, 0) is 43.4 Å². The minimum atomic E-state index is -0.561. The number of aliphatic hydroxyl groups is 1. The molecule has 0 saturated heterocycles. The van der Waals surface area contributed by atoms with Crippen LogP contribution in [0, 0.1) is 29.6 Å². The lowest BCUT2D eigenvalue weighted by atomic mass is 9.86. The Morgan fingerprint density at radius 2 is 2.10 bits per heavy atom. The van der Waals surface area contributed by atoms with Crippen LogP contribution in [0.4, 0.5) is 0 Å². The first-order valence-corrected chi connectivity index (χ1v) is 8.29. The Hall–Kier alpha value is -0.890. The van der Waals surface area contributed by atoms with E-state index in [0.29, 0.717) is 23.5 Å². The molecule has 3 aliphatic carbocycles. The molecule has 2 bridgehead atoms. The lowest BCUT2D eigenvalue weighted by Crippen LogP contribution is -2.27. The Labute approximate surface area is 122 Å². The predicted octanol–water partition coefficient (Wildman–Crippen LogP) is 3.51. The summed E-state index contributed by atoms with van der Waals surface area (Å²) >= 11 is 0. The standard InChI is InChI=1S/C18H26O2/c1-2-3-4-5-6-7-16(19)15-11-14-12-8-9-13(10-12)17(14)18(15)20/h6-9,12-17,19H,2-5,10-11H2,1H3/b7-6+/t12-,13+,14-,15+,16+,17+/m1/s1. The molecule has 2 saturated carbocycles. The van der Waals surface area contributed by atoms with Crippen LogP contribution in [-0.2, 0) is 4.79 Å². The molecule has 0 heterocycles. The Morgan fingerprint density at radius 3 is 2.85 bits per heavy atom. The first kappa shape index (κ1) is 14.1. The van der Waals surface area contributed by atoms with Gasteiger partial charge in [-0.25, -0.2) is 0 Å². The predicted molar refractivity (Wildman–Crippen MR) is 80.1 cm³/mol. The topological polar surface area (TPSA) is 37.3 Å². The smallest absolute Gasteiger partial charge is 0.142 e. The molecule has 0 aromatic carbocycles. The highest BCUT2D eigenvalue weighted by Gasteiger charge is 2.55. The van der Waals surface area contributed by atoms with E-state index < -0.39 is 6.10 Å². The molecule has 0 aliphatic heterocycles. The zero-order chi connectivity index (χ0) is 14.1. The number of unbranched alkanes of at least 4 members (excludes halogenated alkanes) is 3. The largest absolute Gasteiger partial charge is 0.388 e. The molecule has 110 valence electrons. The van der Waals surface area contributed by atoms with Crippen molar-refractivity contribution in [2.24, 2.45) is 29.6 Å². The molecule has 6 atom stereocenters. The van der Waals surface area contributed by atoms with Gasteiger partial charge in [0, 0.05) is 11.8 Å². The van der Waals surface area contributed by atoms with Crippen molar-refractivity contribution in [3.05, 3.63) is 24.3 Å². The fraction of sp³-hybridized carbons (Fsp3) is 0.722. The number of carbonyl (C=O) groups excluding carboxylic acids is 1. The van der Waals surface area contributed by atoms with Crippen LogP contribution in [0.2, 0.25) is 0 Å². The third-order valence-electron chi connectivity index (χ3n) is 5.56. The van der Waals surface area contributed by atoms with Crippen LogP contribution >= 0.6 is 0 Å². The Bertz CT molecular complexity index is 423. The summed E-state index contributed by atoms with van der Waals surface area (Å²) in [5.74, 6) is 2.02. The van der Waals surface area contributed by atoms with E-state index in [4.69, 9.17) is 0 Å². The van der Waals surface area contributed by atoms with Gasteiger partial charge in [0.05, 0.1) is 6.10 Å². The molecule has 2 nitrogen and oxygen atoms in total. The van der Waals surface area contributed by atoms with Gasteiger partial charge in [0.2, 0.25) is 0 Å². The summed E-state index contributed by atoms with van der Waals surface area (Å²) in [6.45, 7) is 2.19. The second-order valence-corrected chi connectivity index (χ2v) is 6.80. The summed E-state index contributed by atoms with van der Waals surface area (Å²) in [6.07, 6.45) is 14.6. The minimum Gasteiger partial charge on any atom is -0.388 e. The molecule has 2 heteroatoms. The van der Waals surface area contributed by atoms with Gasteiger partial charge in [-0.2, -0.15) is 0 Å². The summed E-state index contributed by atoms with van der Waals surface area (Å²) in [4.78, 5) is 12.5. The number of Topliss-reactive ketones (excluding diaryl/α,β-unsaturated/α-hetero) is 1. The lowest BCUT2D eigenvalue weighted by molar-refractivity contribution is -0.126. The maximum atomic E-state index is 12.5. The van der Waals surface area contributed by atoms with Crippen molar-refractivity contribution >= 4 is 5.78 Å². The molecule has 20 heavy (non-hydrogen) atoms. The molecule has 0 aromatic heterocycles. The quantitative estimate of drug-likeness (QED) is 0.594. The molecule has 0 aromatic rings. The fourth-order valence-electron chi connectivity index (χ4n) is 4.51. The van der Waals surface area contributed by atoms with Crippen LogP contribution in [0.25, 0.3) is 0 Å². The van der Waals surface area contributed by atoms with Crippen LogP contribution < -0.4 is 0 Å². The SMILES string of the molecule is CCCCC/C=C/[C@H](O)[C@@H]1C[C@H]2[C@@H](C1=O)[C@H]1C=C[C@@H]2C1. The summed E-state index contributed by atoms with van der Waals surface area (Å²) in [5, 5.41) is 10.3. The maximum Gasteiger partial charge on any atom is 0.142 e. The van der Waals surface area contributed by atoms with Crippen molar-refractivity contribution in [1.29, 1.82) is 0 Å². The van der Waals surface area contributed by atoms with Gasteiger partial charge in [-0.3, -0.25) is 4.79 Å². The number of fused-ring (bicyclic) bond motifs is 5. The van der Waals surface area contributed by atoms with Crippen molar-refractivity contribution in [3.63, 3.8) is 0 Å². The molecule has 3 aliphatic rings. The van der Waals surface area contributed by atoms with E-state index >= 15 is 0 Å². The molecule has 2 fully saturated rings. The number of hydrogen-bond donors (Lipinski definition) is 1. The van der Waals surface area contributed by atoms with E-state index in [1.165, 1.54) is 25.7 Å². The van der Waals surface area contributed by atoms with Gasteiger partial charge in [0.1, 0.15) is 5.78 Å². The Balaban J connectivity index is 1.55. The molecule has 0 radical (unpaired) electrons. The van der Waals surface area contributed by atoms with Crippen LogP contribution in [0.1, 0.15) is 45.4 Å².